The van der Waals surface area contributed by atoms with Gasteiger partial charge in [-0.25, -0.2) is 4.98 Å². The number of likely N-dealkylation sites (tertiary alicyclic amines) is 2. The number of hydrogen-bond acceptors (Lipinski definition) is 7. The van der Waals surface area contributed by atoms with Crippen molar-refractivity contribution in [2.24, 2.45) is 17.8 Å². The van der Waals surface area contributed by atoms with E-state index in [4.69, 9.17) is 11.6 Å². The van der Waals surface area contributed by atoms with Crippen molar-refractivity contribution in [2.75, 3.05) is 61.0 Å². The number of alkyl halides is 3. The number of amides is 3. The highest BCUT2D eigenvalue weighted by Gasteiger charge is 2.50. The van der Waals surface area contributed by atoms with Crippen molar-refractivity contribution in [2.45, 2.75) is 38.0 Å². The Labute approximate surface area is 276 Å². The molecule has 0 saturated carbocycles. The molecule has 3 fully saturated rings. The van der Waals surface area contributed by atoms with Crippen molar-refractivity contribution in [3.05, 3.63) is 59.3 Å². The average molecular weight is 670 g/mol. The minimum Gasteiger partial charge on any atom is -0.368 e. The number of nitrogens with zero attached hydrogens (tertiary/aromatic N) is 7. The number of anilines is 3. The van der Waals surface area contributed by atoms with Gasteiger partial charge in [-0.2, -0.15) is 18.4 Å². The number of halogens is 4. The zero-order chi connectivity index (χ0) is 33.8. The molecule has 1 aromatic carbocycles. The first kappa shape index (κ1) is 32.8. The number of aryl methyl sites for hydroxylation is 1. The Morgan fingerprint density at radius 3 is 2.62 bits per heavy atom. The third-order valence-corrected chi connectivity index (χ3v) is 10.2. The summed E-state index contributed by atoms with van der Waals surface area (Å²) in [5, 5.41) is 10.7. The smallest absolute Gasteiger partial charge is 0.368 e. The molecule has 10 nitrogen and oxygen atoms in total. The highest BCUT2D eigenvalue weighted by molar-refractivity contribution is 6.34. The molecule has 3 saturated heterocycles. The summed E-state index contributed by atoms with van der Waals surface area (Å²) in [4.78, 5) is 52.4. The van der Waals surface area contributed by atoms with Gasteiger partial charge in [-0.3, -0.25) is 24.2 Å². The van der Waals surface area contributed by atoms with E-state index in [1.165, 1.54) is 17.9 Å². The lowest BCUT2D eigenvalue weighted by molar-refractivity contribution is -0.137. The second-order valence-electron chi connectivity index (χ2n) is 12.8. The van der Waals surface area contributed by atoms with Gasteiger partial charge in [0.25, 0.3) is 0 Å². The normalized spacial score (nSPS) is 25.5. The number of carbonyl (C=O) groups excluding carboxylic acids is 3. The lowest BCUT2D eigenvalue weighted by Crippen LogP contribution is -2.63. The van der Waals surface area contributed by atoms with E-state index < -0.39 is 35.5 Å². The summed E-state index contributed by atoms with van der Waals surface area (Å²) < 4.78 is 41.2. The zero-order valence-corrected chi connectivity index (χ0v) is 26.8. The quantitative estimate of drug-likeness (QED) is 0.441. The number of para-hydroxylation sites is 1. The van der Waals surface area contributed by atoms with Crippen LogP contribution >= 0.6 is 11.6 Å². The van der Waals surface area contributed by atoms with Gasteiger partial charge in [-0.15, -0.1) is 0 Å². The minimum absolute atomic E-state index is 0.0637. The van der Waals surface area contributed by atoms with Crippen LogP contribution < -0.4 is 14.7 Å². The Morgan fingerprint density at radius 2 is 1.94 bits per heavy atom. The molecule has 4 atom stereocenters. The Kier molecular flexibility index (Phi) is 8.69. The van der Waals surface area contributed by atoms with Crippen LogP contribution in [0.3, 0.4) is 0 Å². The van der Waals surface area contributed by atoms with Gasteiger partial charge in [-0.05, 0) is 56.1 Å². The largest absolute Gasteiger partial charge is 0.416 e. The molecule has 1 aromatic heterocycles. The summed E-state index contributed by atoms with van der Waals surface area (Å²) in [7, 11) is 1.57. The summed E-state index contributed by atoms with van der Waals surface area (Å²) in [5.74, 6) is -2.22. The molecule has 2 aromatic rings. The van der Waals surface area contributed by atoms with Gasteiger partial charge >= 0.3 is 6.18 Å². The Hall–Kier alpha value is -4.15. The number of likely N-dealkylation sites (N-methyl/N-ethyl adjacent to an activating group) is 1. The lowest BCUT2D eigenvalue weighted by atomic mass is 9.84. The van der Waals surface area contributed by atoms with E-state index in [2.05, 4.69) is 22.5 Å². The topological polar surface area (TPSA) is 104 Å². The van der Waals surface area contributed by atoms with E-state index in [1.807, 2.05) is 4.90 Å². The number of rotatable bonds is 5. The van der Waals surface area contributed by atoms with E-state index in [1.54, 1.807) is 30.1 Å². The molecule has 0 radical (unpaired) electrons. The SMILES string of the molecule is C=CC(=O)N1CC(N2CC[C@@H](CN3C[C@H]4CC(=O)N(c5cc(C(F)(F)F)cc(C)n5)[C@@H]4C(=O)N(C)c4cccc(Cl)c43)[C@@H](C#N)C2)C1. The highest BCUT2D eigenvalue weighted by Crippen LogP contribution is 2.44. The van der Waals surface area contributed by atoms with Crippen LogP contribution in [0.4, 0.5) is 30.4 Å². The number of carbonyl (C=O) groups is 3. The molecule has 4 aliphatic rings. The lowest BCUT2D eigenvalue weighted by Gasteiger charge is -2.49. The maximum absolute atomic E-state index is 14.1. The van der Waals surface area contributed by atoms with E-state index in [0.29, 0.717) is 49.0 Å². The fourth-order valence-electron chi connectivity index (χ4n) is 7.43. The summed E-state index contributed by atoms with van der Waals surface area (Å²) in [6, 6.07) is 8.49. The Bertz CT molecular complexity index is 1660. The van der Waals surface area contributed by atoms with Crippen molar-refractivity contribution in [3.63, 3.8) is 0 Å². The van der Waals surface area contributed by atoms with E-state index in [0.717, 1.165) is 23.6 Å². The van der Waals surface area contributed by atoms with Gasteiger partial charge < -0.3 is 14.7 Å². The summed E-state index contributed by atoms with van der Waals surface area (Å²) in [5.41, 5.74) is 0.240. The van der Waals surface area contributed by atoms with E-state index in [-0.39, 0.29) is 48.3 Å². The Morgan fingerprint density at radius 1 is 1.19 bits per heavy atom. The maximum atomic E-state index is 14.1. The van der Waals surface area contributed by atoms with Gasteiger partial charge in [0.05, 0.1) is 33.9 Å². The van der Waals surface area contributed by atoms with Gasteiger partial charge in [-0.1, -0.05) is 24.2 Å². The minimum atomic E-state index is -4.66. The van der Waals surface area contributed by atoms with Gasteiger partial charge in [0.2, 0.25) is 17.7 Å². The number of fused-ring (bicyclic) bond motifs is 2. The van der Waals surface area contributed by atoms with Crippen molar-refractivity contribution >= 4 is 46.5 Å². The number of nitriles is 1. The summed E-state index contributed by atoms with van der Waals surface area (Å²) in [6.07, 6.45) is -2.72. The van der Waals surface area contributed by atoms with Gasteiger partial charge in [0, 0.05) is 63.8 Å². The monoisotopic (exact) mass is 669 g/mol. The molecular formula is C33H35ClF3N7O3. The van der Waals surface area contributed by atoms with Crippen LogP contribution in [0, 0.1) is 36.0 Å². The third kappa shape index (κ3) is 6.05. The van der Waals surface area contributed by atoms with Crippen LogP contribution in [-0.2, 0) is 20.6 Å². The number of hydrogen-bond donors (Lipinski definition) is 0. The molecule has 5 heterocycles. The summed E-state index contributed by atoms with van der Waals surface area (Å²) in [6.45, 7) is 8.09. The van der Waals surface area contributed by atoms with Gasteiger partial charge in [0.1, 0.15) is 11.9 Å². The second kappa shape index (κ2) is 12.5. The fraction of sp³-hybridized carbons (Fsp3) is 0.485. The molecule has 6 rings (SSSR count). The van der Waals surface area contributed by atoms with Crippen molar-refractivity contribution in [1.82, 2.24) is 14.8 Å². The van der Waals surface area contributed by atoms with Crippen LogP contribution in [0.5, 0.6) is 0 Å². The first-order chi connectivity index (χ1) is 22.3. The number of aromatic nitrogens is 1. The standard InChI is InChI=1S/C33H35ClF3N7O3/c1-4-28(45)42-17-24(18-42)41-9-8-20(22(13-38)16-41)14-43-15-21-11-29(46)44(27-12-23(33(35,36)37)10-19(2)39-27)30(21)32(47)40(3)26-7-5-6-25(34)31(26)43/h4-7,10,12,20-22,24,30H,1,8-9,11,14-18H2,2-3H3/t20-,21+,22-,30-/m0/s1. The second-order valence-corrected chi connectivity index (χ2v) is 13.2. The molecule has 0 N–H and O–H groups in total. The van der Waals surface area contributed by atoms with Crippen LogP contribution in [-0.4, -0.2) is 90.9 Å². The van der Waals surface area contributed by atoms with E-state index >= 15 is 0 Å². The molecule has 0 unspecified atom stereocenters. The van der Waals surface area contributed by atoms with E-state index in [9.17, 15) is 32.8 Å². The molecule has 47 heavy (non-hydrogen) atoms. The predicted octanol–water partition coefficient (Wildman–Crippen LogP) is 4.13. The van der Waals surface area contributed by atoms with Crippen LogP contribution in [0.15, 0.2) is 43.0 Å². The number of pyridine rings is 1. The Balaban J connectivity index is 1.30. The molecule has 0 spiro atoms. The van der Waals surface area contributed by atoms with Crippen LogP contribution in [0.1, 0.15) is 24.1 Å². The van der Waals surface area contributed by atoms with Crippen molar-refractivity contribution in [3.8, 4) is 6.07 Å². The molecule has 4 aliphatic heterocycles. The average Bonchev–Trinajstić information content (AvgIpc) is 3.33. The molecule has 0 bridgehead atoms. The first-order valence-electron chi connectivity index (χ1n) is 15.5. The highest BCUT2D eigenvalue weighted by atomic mass is 35.5. The van der Waals surface area contributed by atoms with Crippen LogP contribution in [0.25, 0.3) is 0 Å². The molecule has 14 heteroatoms. The molecule has 248 valence electrons. The number of piperidine rings is 1. The molecule has 3 amide bonds. The third-order valence-electron chi connectivity index (χ3n) is 9.90. The fourth-order valence-corrected chi connectivity index (χ4v) is 7.72. The van der Waals surface area contributed by atoms with Crippen LogP contribution in [0.2, 0.25) is 5.02 Å². The predicted molar refractivity (Wildman–Crippen MR) is 170 cm³/mol. The van der Waals surface area contributed by atoms with Crippen molar-refractivity contribution in [1.29, 1.82) is 5.26 Å². The van der Waals surface area contributed by atoms with Gasteiger partial charge in [0.15, 0.2) is 0 Å². The number of benzene rings is 1. The molecule has 0 aliphatic carbocycles. The maximum Gasteiger partial charge on any atom is 0.416 e. The first-order valence-corrected chi connectivity index (χ1v) is 15.9. The summed E-state index contributed by atoms with van der Waals surface area (Å²) >= 11 is 6.79. The molecular weight excluding hydrogens is 635 g/mol. The zero-order valence-electron chi connectivity index (χ0n) is 26.1. The van der Waals surface area contributed by atoms with Crippen molar-refractivity contribution < 1.29 is 27.6 Å².